The zero-order valence-corrected chi connectivity index (χ0v) is 8.26. The highest BCUT2D eigenvalue weighted by Crippen LogP contribution is 2.31. The Morgan fingerprint density at radius 3 is 2.64 bits per heavy atom. The average molecular weight is 272 g/mol. The molecule has 0 fully saturated rings. The minimum Gasteiger partial charge on any atom is -0.404 e. The van der Waals surface area contributed by atoms with Crippen LogP contribution in [0, 0.1) is 0 Å². The Hall–Kier alpha value is -0.820. The first kappa shape index (κ1) is 11.3. The van der Waals surface area contributed by atoms with Crippen molar-refractivity contribution in [1.29, 1.82) is 0 Å². The predicted octanol–water partition coefficient (Wildman–Crippen LogP) is 2.24. The maximum Gasteiger partial charge on any atom is 0.573 e. The maximum absolute atomic E-state index is 11.8. The number of pyridine rings is 1. The Labute approximate surface area is 85.7 Å². The van der Waals surface area contributed by atoms with Crippen molar-refractivity contribution in [1.82, 2.24) is 4.98 Å². The second-order valence-corrected chi connectivity index (χ2v) is 3.07. The van der Waals surface area contributed by atoms with Gasteiger partial charge in [0.05, 0.1) is 16.8 Å². The molecule has 0 saturated carbocycles. The molecule has 0 atom stereocenters. The minimum absolute atomic E-state index is 0.000162. The van der Waals surface area contributed by atoms with E-state index in [1.165, 1.54) is 0 Å². The van der Waals surface area contributed by atoms with Gasteiger partial charge in [-0.2, -0.15) is 0 Å². The Morgan fingerprint density at radius 2 is 2.14 bits per heavy atom. The van der Waals surface area contributed by atoms with Gasteiger partial charge in [-0.15, -0.1) is 13.2 Å². The van der Waals surface area contributed by atoms with Crippen LogP contribution >= 0.6 is 15.9 Å². The number of rotatable bonds is 2. The summed E-state index contributed by atoms with van der Waals surface area (Å²) in [5.41, 5.74) is 0.0896. The summed E-state index contributed by atoms with van der Waals surface area (Å²) >= 11 is 2.85. The third-order valence-corrected chi connectivity index (χ3v) is 2.15. The average Bonchev–Trinajstić information content (AvgIpc) is 2.06. The fraction of sp³-hybridized carbons (Fsp3) is 0.286. The van der Waals surface area contributed by atoms with Crippen molar-refractivity contribution < 1.29 is 23.0 Å². The van der Waals surface area contributed by atoms with E-state index >= 15 is 0 Å². The second-order valence-electron chi connectivity index (χ2n) is 2.28. The van der Waals surface area contributed by atoms with Crippen molar-refractivity contribution in [2.75, 3.05) is 0 Å². The number of aliphatic hydroxyl groups excluding tert-OH is 1. The highest BCUT2D eigenvalue weighted by Gasteiger charge is 2.32. The molecule has 0 bridgehead atoms. The summed E-state index contributed by atoms with van der Waals surface area (Å²) < 4.78 is 39.2. The molecule has 0 amide bonds. The van der Waals surface area contributed by atoms with Crippen LogP contribution in [0.5, 0.6) is 5.75 Å². The van der Waals surface area contributed by atoms with Crippen molar-refractivity contribution >= 4 is 15.9 Å². The Bertz CT molecular complexity index is 329. The molecule has 0 spiro atoms. The molecule has 0 saturated heterocycles. The zero-order chi connectivity index (χ0) is 10.8. The number of hydrogen-bond acceptors (Lipinski definition) is 3. The molecule has 1 aromatic rings. The van der Waals surface area contributed by atoms with Crippen LogP contribution < -0.4 is 4.74 Å². The van der Waals surface area contributed by atoms with Gasteiger partial charge >= 0.3 is 6.36 Å². The summed E-state index contributed by atoms with van der Waals surface area (Å²) in [5, 5.41) is 8.71. The number of nitrogens with zero attached hydrogens (tertiary/aromatic N) is 1. The lowest BCUT2D eigenvalue weighted by Crippen LogP contribution is -2.17. The van der Waals surface area contributed by atoms with Crippen molar-refractivity contribution in [3.05, 3.63) is 22.4 Å². The summed E-state index contributed by atoms with van der Waals surface area (Å²) in [6.07, 6.45) is -3.63. The van der Waals surface area contributed by atoms with Crippen LogP contribution in [0.2, 0.25) is 0 Å². The number of aliphatic hydroxyl groups is 1. The molecule has 1 rings (SSSR count). The van der Waals surface area contributed by atoms with Gasteiger partial charge in [-0.1, -0.05) is 0 Å². The van der Waals surface area contributed by atoms with Gasteiger partial charge in [0, 0.05) is 12.3 Å². The highest BCUT2D eigenvalue weighted by atomic mass is 79.9. The molecule has 0 aliphatic heterocycles. The van der Waals surface area contributed by atoms with Crippen LogP contribution in [0.25, 0.3) is 0 Å². The summed E-state index contributed by atoms with van der Waals surface area (Å²) in [4.78, 5) is 3.64. The maximum atomic E-state index is 11.8. The lowest BCUT2D eigenvalue weighted by Gasteiger charge is -2.11. The Kier molecular flexibility index (Phi) is 3.33. The molecule has 0 radical (unpaired) electrons. The lowest BCUT2D eigenvalue weighted by atomic mass is 10.3. The highest BCUT2D eigenvalue weighted by molar-refractivity contribution is 9.10. The van der Waals surface area contributed by atoms with E-state index in [1.54, 1.807) is 0 Å². The van der Waals surface area contributed by atoms with Crippen molar-refractivity contribution in [3.63, 3.8) is 0 Å². The van der Waals surface area contributed by atoms with Gasteiger partial charge in [0.1, 0.15) is 5.75 Å². The molecule has 0 aliphatic rings. The summed E-state index contributed by atoms with van der Waals surface area (Å²) in [5.74, 6) is -0.420. The lowest BCUT2D eigenvalue weighted by molar-refractivity contribution is -0.275. The molecular weight excluding hydrogens is 267 g/mol. The van der Waals surface area contributed by atoms with Gasteiger partial charge in [-0.3, -0.25) is 4.98 Å². The molecule has 1 heterocycles. The molecule has 3 nitrogen and oxygen atoms in total. The number of aromatic nitrogens is 1. The van der Waals surface area contributed by atoms with Crippen molar-refractivity contribution in [2.45, 2.75) is 13.0 Å². The van der Waals surface area contributed by atoms with Gasteiger partial charge < -0.3 is 9.84 Å². The van der Waals surface area contributed by atoms with Crippen LogP contribution in [0.15, 0.2) is 16.7 Å². The predicted molar refractivity (Wildman–Crippen MR) is 44.5 cm³/mol. The van der Waals surface area contributed by atoms with Gasteiger partial charge in [0.2, 0.25) is 0 Å². The molecule has 1 N–H and O–H groups in total. The van der Waals surface area contributed by atoms with Gasteiger partial charge in [-0.05, 0) is 15.9 Å². The van der Waals surface area contributed by atoms with Gasteiger partial charge in [-0.25, -0.2) is 0 Å². The fourth-order valence-electron chi connectivity index (χ4n) is 0.781. The summed E-state index contributed by atoms with van der Waals surface area (Å²) in [7, 11) is 0. The summed E-state index contributed by atoms with van der Waals surface area (Å²) in [6.45, 7) is -0.463. The molecule has 0 aliphatic carbocycles. The molecule has 1 aromatic heterocycles. The molecule has 78 valence electrons. The van der Waals surface area contributed by atoms with E-state index in [4.69, 9.17) is 5.11 Å². The quantitative estimate of drug-likeness (QED) is 0.897. The van der Waals surface area contributed by atoms with Crippen LogP contribution in [0.4, 0.5) is 13.2 Å². The van der Waals surface area contributed by atoms with Crippen molar-refractivity contribution in [2.24, 2.45) is 0 Å². The zero-order valence-electron chi connectivity index (χ0n) is 6.68. The van der Waals surface area contributed by atoms with Crippen molar-refractivity contribution in [3.8, 4) is 5.75 Å². The SMILES string of the molecule is OCc1nccc(OC(F)(F)F)c1Br. The summed E-state index contributed by atoms with van der Waals surface area (Å²) in [6, 6.07) is 1.05. The van der Waals surface area contributed by atoms with E-state index in [1.807, 2.05) is 0 Å². The smallest absolute Gasteiger partial charge is 0.404 e. The molecular formula is C7H5BrF3NO2. The van der Waals surface area contributed by atoms with E-state index < -0.39 is 18.7 Å². The van der Waals surface area contributed by atoms with Crippen LogP contribution in [-0.4, -0.2) is 16.5 Å². The Morgan fingerprint density at radius 1 is 1.50 bits per heavy atom. The first-order valence-corrected chi connectivity index (χ1v) is 4.23. The largest absolute Gasteiger partial charge is 0.573 e. The molecule has 0 unspecified atom stereocenters. The van der Waals surface area contributed by atoms with Crippen LogP contribution in [0.3, 0.4) is 0 Å². The molecule has 0 aromatic carbocycles. The van der Waals surface area contributed by atoms with E-state index in [0.717, 1.165) is 12.3 Å². The minimum atomic E-state index is -4.75. The van der Waals surface area contributed by atoms with Gasteiger partial charge in [0.15, 0.2) is 0 Å². The normalized spacial score (nSPS) is 11.5. The third kappa shape index (κ3) is 2.85. The van der Waals surface area contributed by atoms with Crippen LogP contribution in [-0.2, 0) is 6.61 Å². The first-order valence-electron chi connectivity index (χ1n) is 3.44. The number of alkyl halides is 3. The first-order chi connectivity index (χ1) is 6.44. The monoisotopic (exact) mass is 271 g/mol. The second kappa shape index (κ2) is 4.14. The number of halogens is 4. The number of ether oxygens (including phenoxy) is 1. The topological polar surface area (TPSA) is 42.4 Å². The van der Waals surface area contributed by atoms with Crippen LogP contribution in [0.1, 0.15) is 5.69 Å². The van der Waals surface area contributed by atoms with Gasteiger partial charge in [0.25, 0.3) is 0 Å². The fourth-order valence-corrected chi connectivity index (χ4v) is 1.22. The van der Waals surface area contributed by atoms with E-state index in [-0.39, 0.29) is 10.2 Å². The standard InChI is InChI=1S/C7H5BrF3NO2/c8-6-4(3-13)12-2-1-5(6)14-7(9,10)11/h1-2,13H,3H2. The van der Waals surface area contributed by atoms with E-state index in [0.29, 0.717) is 0 Å². The third-order valence-electron chi connectivity index (χ3n) is 1.30. The molecule has 7 heteroatoms. The Balaban J connectivity index is 2.98. The van der Waals surface area contributed by atoms with E-state index in [9.17, 15) is 13.2 Å². The van der Waals surface area contributed by atoms with E-state index in [2.05, 4.69) is 25.7 Å². The molecule has 14 heavy (non-hydrogen) atoms. The number of hydrogen-bond donors (Lipinski definition) is 1.